The molecule has 5 heteroatoms. The summed E-state index contributed by atoms with van der Waals surface area (Å²) in [5, 5.41) is 14.8. The van der Waals surface area contributed by atoms with Crippen molar-refractivity contribution in [1.29, 1.82) is 5.26 Å². The van der Waals surface area contributed by atoms with Crippen LogP contribution >= 0.6 is 15.9 Å². The van der Waals surface area contributed by atoms with Crippen molar-refractivity contribution < 1.29 is 4.79 Å². The standard InChI is InChI=1S/C13H14BrN3O/c14-11-4-3-10(6-15)12(5-11)16-8-13(18)17-7-9-1-2-9/h3-5,9,16H,1-2,7-8H2,(H,17,18). The molecule has 0 heterocycles. The third-order valence-corrected chi connectivity index (χ3v) is 3.32. The second kappa shape index (κ2) is 5.87. The molecule has 1 aromatic carbocycles. The fourth-order valence-electron chi connectivity index (χ4n) is 1.58. The van der Waals surface area contributed by atoms with E-state index in [2.05, 4.69) is 32.6 Å². The molecular formula is C13H14BrN3O. The summed E-state index contributed by atoms with van der Waals surface area (Å²) >= 11 is 3.34. The summed E-state index contributed by atoms with van der Waals surface area (Å²) < 4.78 is 0.877. The molecule has 0 radical (unpaired) electrons. The second-order valence-electron chi connectivity index (χ2n) is 4.40. The fourth-order valence-corrected chi connectivity index (χ4v) is 1.94. The third-order valence-electron chi connectivity index (χ3n) is 2.83. The molecule has 18 heavy (non-hydrogen) atoms. The normalized spacial score (nSPS) is 13.8. The van der Waals surface area contributed by atoms with Crippen LogP contribution in [0.5, 0.6) is 0 Å². The number of hydrogen-bond acceptors (Lipinski definition) is 3. The average Bonchev–Trinajstić information content (AvgIpc) is 3.18. The SMILES string of the molecule is N#Cc1ccc(Br)cc1NCC(=O)NCC1CC1. The van der Waals surface area contributed by atoms with Crippen LogP contribution in [0, 0.1) is 17.2 Å². The van der Waals surface area contributed by atoms with Crippen LogP contribution < -0.4 is 10.6 Å². The Balaban J connectivity index is 1.86. The van der Waals surface area contributed by atoms with Gasteiger partial charge in [-0.05, 0) is 37.0 Å². The lowest BCUT2D eigenvalue weighted by atomic mass is 10.2. The van der Waals surface area contributed by atoms with Crippen LogP contribution in [-0.2, 0) is 4.79 Å². The zero-order valence-electron chi connectivity index (χ0n) is 9.87. The van der Waals surface area contributed by atoms with E-state index in [-0.39, 0.29) is 12.5 Å². The van der Waals surface area contributed by atoms with E-state index in [0.717, 1.165) is 11.0 Å². The van der Waals surface area contributed by atoms with E-state index in [1.807, 2.05) is 0 Å². The minimum absolute atomic E-state index is 0.0363. The average molecular weight is 308 g/mol. The van der Waals surface area contributed by atoms with Gasteiger partial charge in [-0.15, -0.1) is 0 Å². The van der Waals surface area contributed by atoms with Gasteiger partial charge in [0.2, 0.25) is 5.91 Å². The number of benzene rings is 1. The van der Waals surface area contributed by atoms with Gasteiger partial charge >= 0.3 is 0 Å². The third kappa shape index (κ3) is 3.74. The van der Waals surface area contributed by atoms with Crippen molar-refractivity contribution in [1.82, 2.24) is 5.32 Å². The topological polar surface area (TPSA) is 64.9 Å². The van der Waals surface area contributed by atoms with Crippen molar-refractivity contribution in [3.8, 4) is 6.07 Å². The van der Waals surface area contributed by atoms with E-state index in [0.29, 0.717) is 17.2 Å². The monoisotopic (exact) mass is 307 g/mol. The van der Waals surface area contributed by atoms with Gasteiger partial charge in [0.15, 0.2) is 0 Å². The van der Waals surface area contributed by atoms with Gasteiger partial charge in [-0.1, -0.05) is 15.9 Å². The smallest absolute Gasteiger partial charge is 0.239 e. The highest BCUT2D eigenvalue weighted by atomic mass is 79.9. The lowest BCUT2D eigenvalue weighted by molar-refractivity contribution is -0.119. The summed E-state index contributed by atoms with van der Waals surface area (Å²) in [4.78, 5) is 11.6. The molecule has 2 rings (SSSR count). The van der Waals surface area contributed by atoms with E-state index in [1.165, 1.54) is 12.8 Å². The van der Waals surface area contributed by atoms with E-state index in [4.69, 9.17) is 5.26 Å². The maximum atomic E-state index is 11.6. The van der Waals surface area contributed by atoms with Gasteiger partial charge in [-0.25, -0.2) is 0 Å². The number of anilines is 1. The Morgan fingerprint density at radius 2 is 2.28 bits per heavy atom. The number of halogens is 1. The van der Waals surface area contributed by atoms with Gasteiger partial charge in [-0.3, -0.25) is 4.79 Å². The maximum absolute atomic E-state index is 11.6. The van der Waals surface area contributed by atoms with Crippen molar-refractivity contribution in [3.05, 3.63) is 28.2 Å². The number of carbonyl (C=O) groups is 1. The molecule has 1 aromatic rings. The number of nitrogens with zero attached hydrogens (tertiary/aromatic N) is 1. The largest absolute Gasteiger partial charge is 0.375 e. The van der Waals surface area contributed by atoms with Crippen LogP contribution in [0.4, 0.5) is 5.69 Å². The van der Waals surface area contributed by atoms with E-state index in [1.54, 1.807) is 18.2 Å². The minimum atomic E-state index is -0.0363. The summed E-state index contributed by atoms with van der Waals surface area (Å²) in [6.07, 6.45) is 2.44. The number of nitrogens with one attached hydrogen (secondary N) is 2. The first kappa shape index (κ1) is 12.9. The lowest BCUT2D eigenvalue weighted by Crippen LogP contribution is -2.31. The quantitative estimate of drug-likeness (QED) is 0.877. The highest BCUT2D eigenvalue weighted by Crippen LogP contribution is 2.27. The summed E-state index contributed by atoms with van der Waals surface area (Å²) in [5.74, 6) is 0.639. The molecule has 1 aliphatic rings. The zero-order valence-corrected chi connectivity index (χ0v) is 11.5. The van der Waals surface area contributed by atoms with E-state index >= 15 is 0 Å². The first-order valence-corrected chi connectivity index (χ1v) is 6.68. The molecule has 0 spiro atoms. The Morgan fingerprint density at radius 1 is 1.50 bits per heavy atom. The van der Waals surface area contributed by atoms with Gasteiger partial charge in [0.25, 0.3) is 0 Å². The van der Waals surface area contributed by atoms with Crippen molar-refractivity contribution in [2.24, 2.45) is 5.92 Å². The molecule has 2 N–H and O–H groups in total. The summed E-state index contributed by atoms with van der Waals surface area (Å²) in [7, 11) is 0. The van der Waals surface area contributed by atoms with Crippen LogP contribution in [-0.4, -0.2) is 19.0 Å². The molecule has 94 valence electrons. The molecule has 4 nitrogen and oxygen atoms in total. The lowest BCUT2D eigenvalue weighted by Gasteiger charge is -2.09. The first-order chi connectivity index (χ1) is 8.69. The minimum Gasteiger partial charge on any atom is -0.375 e. The number of rotatable bonds is 5. The van der Waals surface area contributed by atoms with Crippen LogP contribution in [0.3, 0.4) is 0 Å². The highest BCUT2D eigenvalue weighted by Gasteiger charge is 2.21. The molecule has 0 aliphatic heterocycles. The van der Waals surface area contributed by atoms with Gasteiger partial charge in [0.1, 0.15) is 6.07 Å². The van der Waals surface area contributed by atoms with Gasteiger partial charge < -0.3 is 10.6 Å². The molecule has 1 amide bonds. The van der Waals surface area contributed by atoms with Crippen molar-refractivity contribution in [2.45, 2.75) is 12.8 Å². The summed E-state index contributed by atoms with van der Waals surface area (Å²) in [6.45, 7) is 0.960. The molecular weight excluding hydrogens is 294 g/mol. The van der Waals surface area contributed by atoms with Gasteiger partial charge in [-0.2, -0.15) is 5.26 Å². The molecule has 1 aliphatic carbocycles. The van der Waals surface area contributed by atoms with Crippen molar-refractivity contribution >= 4 is 27.5 Å². The number of amides is 1. The highest BCUT2D eigenvalue weighted by molar-refractivity contribution is 9.10. The Hall–Kier alpha value is -1.54. The van der Waals surface area contributed by atoms with Crippen LogP contribution in [0.1, 0.15) is 18.4 Å². The van der Waals surface area contributed by atoms with E-state index < -0.39 is 0 Å². The van der Waals surface area contributed by atoms with Crippen molar-refractivity contribution in [2.75, 3.05) is 18.4 Å². The first-order valence-electron chi connectivity index (χ1n) is 5.89. The van der Waals surface area contributed by atoms with Crippen LogP contribution in [0.2, 0.25) is 0 Å². The van der Waals surface area contributed by atoms with Crippen LogP contribution in [0.25, 0.3) is 0 Å². The Morgan fingerprint density at radius 3 is 2.94 bits per heavy atom. The second-order valence-corrected chi connectivity index (χ2v) is 5.32. The Bertz CT molecular complexity index is 491. The molecule has 0 bridgehead atoms. The zero-order chi connectivity index (χ0) is 13.0. The molecule has 0 saturated heterocycles. The fraction of sp³-hybridized carbons (Fsp3) is 0.385. The van der Waals surface area contributed by atoms with Gasteiger partial charge in [0.05, 0.1) is 17.8 Å². The molecule has 0 atom stereocenters. The number of hydrogen-bond donors (Lipinski definition) is 2. The number of carbonyl (C=O) groups excluding carboxylic acids is 1. The summed E-state index contributed by atoms with van der Waals surface area (Å²) in [5.41, 5.74) is 1.21. The van der Waals surface area contributed by atoms with Gasteiger partial charge in [0, 0.05) is 11.0 Å². The Kier molecular flexibility index (Phi) is 4.21. The van der Waals surface area contributed by atoms with Crippen LogP contribution in [0.15, 0.2) is 22.7 Å². The maximum Gasteiger partial charge on any atom is 0.239 e. The number of nitriles is 1. The molecule has 0 unspecified atom stereocenters. The molecule has 1 saturated carbocycles. The Labute approximate surface area is 115 Å². The molecule has 0 aromatic heterocycles. The molecule has 1 fully saturated rings. The predicted molar refractivity (Wildman–Crippen MR) is 73.1 cm³/mol. The summed E-state index contributed by atoms with van der Waals surface area (Å²) in [6, 6.07) is 7.41. The van der Waals surface area contributed by atoms with E-state index in [9.17, 15) is 4.79 Å². The predicted octanol–water partition coefficient (Wildman–Crippen LogP) is 2.26. The van der Waals surface area contributed by atoms with Crippen molar-refractivity contribution in [3.63, 3.8) is 0 Å².